The summed E-state index contributed by atoms with van der Waals surface area (Å²) in [4.78, 5) is 12.1. The van der Waals surface area contributed by atoms with Gasteiger partial charge < -0.3 is 4.74 Å². The van der Waals surface area contributed by atoms with Gasteiger partial charge >= 0.3 is 5.97 Å². The van der Waals surface area contributed by atoms with Crippen molar-refractivity contribution < 1.29 is 9.53 Å². The SMILES string of the molecule is Cc1ccccc1C(C)CC(=O)OCc1ccc2n[nH]nc2c1. The van der Waals surface area contributed by atoms with Crippen LogP contribution in [0.15, 0.2) is 42.5 Å². The van der Waals surface area contributed by atoms with Crippen molar-refractivity contribution in [3.05, 3.63) is 59.2 Å². The van der Waals surface area contributed by atoms with Gasteiger partial charge in [0.1, 0.15) is 17.6 Å². The van der Waals surface area contributed by atoms with Crippen molar-refractivity contribution in [2.75, 3.05) is 0 Å². The minimum Gasteiger partial charge on any atom is -0.461 e. The van der Waals surface area contributed by atoms with Crippen LogP contribution in [0.2, 0.25) is 0 Å². The number of esters is 1. The number of carbonyl (C=O) groups excluding carboxylic acids is 1. The van der Waals surface area contributed by atoms with Crippen molar-refractivity contribution in [3.8, 4) is 0 Å². The Hall–Kier alpha value is -2.69. The van der Waals surface area contributed by atoms with E-state index < -0.39 is 0 Å². The number of aromatic nitrogens is 3. The summed E-state index contributed by atoms with van der Waals surface area (Å²) >= 11 is 0. The van der Waals surface area contributed by atoms with Gasteiger partial charge in [-0.3, -0.25) is 4.79 Å². The number of benzene rings is 2. The molecule has 3 rings (SSSR count). The first-order valence-electron chi connectivity index (χ1n) is 7.64. The van der Waals surface area contributed by atoms with Gasteiger partial charge in [-0.1, -0.05) is 37.3 Å². The molecule has 1 N–H and O–H groups in total. The number of rotatable bonds is 5. The van der Waals surface area contributed by atoms with Gasteiger partial charge in [0.15, 0.2) is 0 Å². The van der Waals surface area contributed by atoms with Gasteiger partial charge in [0.05, 0.1) is 6.42 Å². The van der Waals surface area contributed by atoms with E-state index >= 15 is 0 Å². The molecule has 0 saturated carbocycles. The Morgan fingerprint density at radius 3 is 2.78 bits per heavy atom. The second-order valence-corrected chi connectivity index (χ2v) is 5.77. The highest BCUT2D eigenvalue weighted by Crippen LogP contribution is 2.23. The molecule has 1 aromatic heterocycles. The third kappa shape index (κ3) is 3.56. The Balaban J connectivity index is 1.58. The Morgan fingerprint density at radius 1 is 1.17 bits per heavy atom. The van der Waals surface area contributed by atoms with Gasteiger partial charge in [-0.2, -0.15) is 15.4 Å². The number of nitrogens with one attached hydrogen (secondary N) is 1. The smallest absolute Gasteiger partial charge is 0.306 e. The second kappa shape index (κ2) is 6.60. The predicted octanol–water partition coefficient (Wildman–Crippen LogP) is 3.50. The summed E-state index contributed by atoms with van der Waals surface area (Å²) in [6, 6.07) is 13.7. The molecule has 0 aliphatic heterocycles. The van der Waals surface area contributed by atoms with Crippen molar-refractivity contribution in [2.45, 2.75) is 32.8 Å². The molecule has 3 aromatic rings. The highest BCUT2D eigenvalue weighted by atomic mass is 16.5. The van der Waals surface area contributed by atoms with E-state index in [-0.39, 0.29) is 18.5 Å². The summed E-state index contributed by atoms with van der Waals surface area (Å²) in [5, 5.41) is 10.6. The summed E-state index contributed by atoms with van der Waals surface area (Å²) in [5.41, 5.74) is 4.86. The largest absolute Gasteiger partial charge is 0.461 e. The minimum absolute atomic E-state index is 0.140. The lowest BCUT2D eigenvalue weighted by molar-refractivity contribution is -0.145. The summed E-state index contributed by atoms with van der Waals surface area (Å²) in [5.74, 6) is -0.0530. The molecule has 23 heavy (non-hydrogen) atoms. The summed E-state index contributed by atoms with van der Waals surface area (Å²) in [6.45, 7) is 4.36. The van der Waals surface area contributed by atoms with Crippen molar-refractivity contribution in [1.82, 2.24) is 15.4 Å². The van der Waals surface area contributed by atoms with E-state index in [1.807, 2.05) is 37.3 Å². The van der Waals surface area contributed by atoms with Gasteiger partial charge in [0.25, 0.3) is 0 Å². The molecule has 0 bridgehead atoms. The maximum Gasteiger partial charge on any atom is 0.306 e. The van der Waals surface area contributed by atoms with Gasteiger partial charge in [-0.25, -0.2) is 0 Å². The quantitative estimate of drug-likeness (QED) is 0.732. The molecule has 5 nitrogen and oxygen atoms in total. The fourth-order valence-corrected chi connectivity index (χ4v) is 2.70. The fraction of sp³-hybridized carbons (Fsp3) is 0.278. The highest BCUT2D eigenvalue weighted by Gasteiger charge is 2.14. The maximum absolute atomic E-state index is 12.1. The lowest BCUT2D eigenvalue weighted by Gasteiger charge is -2.14. The molecule has 1 unspecified atom stereocenters. The molecule has 0 saturated heterocycles. The Labute approximate surface area is 134 Å². The molecule has 0 aliphatic rings. The molecule has 2 aromatic carbocycles. The number of ether oxygens (including phenoxy) is 1. The van der Waals surface area contributed by atoms with Crippen molar-refractivity contribution in [1.29, 1.82) is 0 Å². The van der Waals surface area contributed by atoms with Crippen LogP contribution in [-0.4, -0.2) is 21.4 Å². The van der Waals surface area contributed by atoms with E-state index in [9.17, 15) is 4.79 Å². The van der Waals surface area contributed by atoms with E-state index in [1.54, 1.807) is 0 Å². The fourth-order valence-electron chi connectivity index (χ4n) is 2.70. The number of hydrogen-bond donors (Lipinski definition) is 1. The molecule has 0 aliphatic carbocycles. The lowest BCUT2D eigenvalue weighted by atomic mass is 9.94. The third-order valence-corrected chi connectivity index (χ3v) is 3.97. The summed E-state index contributed by atoms with van der Waals surface area (Å²) < 4.78 is 5.39. The second-order valence-electron chi connectivity index (χ2n) is 5.77. The van der Waals surface area contributed by atoms with Crippen LogP contribution in [0.3, 0.4) is 0 Å². The molecular formula is C18H19N3O2. The van der Waals surface area contributed by atoms with E-state index in [0.29, 0.717) is 6.42 Å². The first kappa shape index (κ1) is 15.2. The first-order chi connectivity index (χ1) is 11.1. The van der Waals surface area contributed by atoms with Crippen molar-refractivity contribution in [3.63, 3.8) is 0 Å². The van der Waals surface area contributed by atoms with Gasteiger partial charge in [-0.15, -0.1) is 0 Å². The van der Waals surface area contributed by atoms with E-state index in [0.717, 1.165) is 16.6 Å². The number of carbonyl (C=O) groups is 1. The van der Waals surface area contributed by atoms with Crippen LogP contribution >= 0.6 is 0 Å². The average Bonchev–Trinajstić information content (AvgIpc) is 3.01. The molecule has 5 heteroatoms. The molecule has 0 radical (unpaired) electrons. The van der Waals surface area contributed by atoms with Gasteiger partial charge in [-0.05, 0) is 41.7 Å². The molecule has 0 amide bonds. The minimum atomic E-state index is -0.194. The molecule has 0 fully saturated rings. The number of aryl methyl sites for hydroxylation is 1. The van der Waals surface area contributed by atoms with Crippen LogP contribution in [0.4, 0.5) is 0 Å². The van der Waals surface area contributed by atoms with Crippen LogP contribution in [0.1, 0.15) is 36.0 Å². The van der Waals surface area contributed by atoms with Crippen molar-refractivity contribution >= 4 is 17.0 Å². The van der Waals surface area contributed by atoms with Crippen LogP contribution in [0.5, 0.6) is 0 Å². The zero-order valence-electron chi connectivity index (χ0n) is 13.2. The van der Waals surface area contributed by atoms with E-state index in [1.165, 1.54) is 11.1 Å². The van der Waals surface area contributed by atoms with Gasteiger partial charge in [0, 0.05) is 0 Å². The Bertz CT molecular complexity index is 826. The molecule has 1 heterocycles. The highest BCUT2D eigenvalue weighted by molar-refractivity contribution is 5.74. The standard InChI is InChI=1S/C18H19N3O2/c1-12-5-3-4-6-15(12)13(2)9-18(22)23-11-14-7-8-16-17(10-14)20-21-19-16/h3-8,10,13H,9,11H2,1-2H3,(H,19,20,21). The van der Waals surface area contributed by atoms with Crippen LogP contribution in [0, 0.1) is 6.92 Å². The van der Waals surface area contributed by atoms with Crippen LogP contribution in [-0.2, 0) is 16.1 Å². The lowest BCUT2D eigenvalue weighted by Crippen LogP contribution is -2.09. The molecular weight excluding hydrogens is 290 g/mol. The first-order valence-corrected chi connectivity index (χ1v) is 7.64. The zero-order chi connectivity index (χ0) is 16.2. The van der Waals surface area contributed by atoms with Gasteiger partial charge in [0.2, 0.25) is 0 Å². The topological polar surface area (TPSA) is 67.9 Å². The third-order valence-electron chi connectivity index (χ3n) is 3.97. The summed E-state index contributed by atoms with van der Waals surface area (Å²) in [7, 11) is 0. The number of hydrogen-bond acceptors (Lipinski definition) is 4. The van der Waals surface area contributed by atoms with Crippen LogP contribution in [0.25, 0.3) is 11.0 Å². The maximum atomic E-state index is 12.1. The van der Waals surface area contributed by atoms with E-state index in [4.69, 9.17) is 4.74 Å². The average molecular weight is 309 g/mol. The molecule has 0 spiro atoms. The Kier molecular flexibility index (Phi) is 4.37. The number of H-pyrrole nitrogens is 1. The zero-order valence-corrected chi connectivity index (χ0v) is 13.2. The Morgan fingerprint density at radius 2 is 1.96 bits per heavy atom. The normalized spacial score (nSPS) is 12.3. The molecule has 118 valence electrons. The van der Waals surface area contributed by atoms with E-state index in [2.05, 4.69) is 34.5 Å². The summed E-state index contributed by atoms with van der Waals surface area (Å²) in [6.07, 6.45) is 0.372. The predicted molar refractivity (Wildman–Crippen MR) is 87.9 cm³/mol. The number of nitrogens with zero attached hydrogens (tertiary/aromatic N) is 2. The van der Waals surface area contributed by atoms with Crippen molar-refractivity contribution in [2.24, 2.45) is 0 Å². The number of aromatic amines is 1. The monoisotopic (exact) mass is 309 g/mol. The number of fused-ring (bicyclic) bond motifs is 1. The molecule has 1 atom stereocenters. The van der Waals surface area contributed by atoms with Crippen LogP contribution < -0.4 is 0 Å².